The van der Waals surface area contributed by atoms with Crippen LogP contribution in [-0.4, -0.2) is 81.5 Å². The molecule has 0 bridgehead atoms. The lowest BCUT2D eigenvalue weighted by atomic mass is 9.81. The lowest BCUT2D eigenvalue weighted by molar-refractivity contribution is -0.147. The van der Waals surface area contributed by atoms with Gasteiger partial charge in [0.25, 0.3) is 11.8 Å². The van der Waals surface area contributed by atoms with E-state index in [2.05, 4.69) is 26.3 Å². The summed E-state index contributed by atoms with van der Waals surface area (Å²) < 4.78 is 0. The second-order valence-corrected chi connectivity index (χ2v) is 16.9. The first-order chi connectivity index (χ1) is 24.2. The second-order valence-electron chi connectivity index (χ2n) is 16.1. The van der Waals surface area contributed by atoms with E-state index in [1.807, 2.05) is 27.7 Å². The Kier molecular flexibility index (Phi) is 12.8. The quantitative estimate of drug-likeness (QED) is 0.181. The average Bonchev–Trinajstić information content (AvgIpc) is 3.73. The Morgan fingerprint density at radius 3 is 2.18 bits per heavy atom. The van der Waals surface area contributed by atoms with Gasteiger partial charge in [-0.25, -0.2) is 0 Å². The summed E-state index contributed by atoms with van der Waals surface area (Å²) in [7, 11) is 0. The number of fused-ring (bicyclic) bond motifs is 1. The number of carbonyl (C=O) groups excluding carboxylic acids is 6. The summed E-state index contributed by atoms with van der Waals surface area (Å²) in [6.07, 6.45) is 10.9. The van der Waals surface area contributed by atoms with Crippen molar-refractivity contribution >= 4 is 58.5 Å². The normalized spacial score (nSPS) is 24.1. The second kappa shape index (κ2) is 16.7. The largest absolute Gasteiger partial charge is 0.347 e. The highest BCUT2D eigenvalue weighted by molar-refractivity contribution is 6.41. The summed E-state index contributed by atoms with van der Waals surface area (Å²) in [4.78, 5) is 86.8. The first-order valence-electron chi connectivity index (χ1n) is 18.8. The Hall–Kier alpha value is -3.12. The SMILES string of the molecule is CCC[C@H](NC(=O)[C@@H]1C[C@@H]2CCCC[C@@H]2N1C(=O)[C@@H](NC(=O)[C@@H](NC(=O)c1cc(Cl)c(Cl)[nH]1)C1CCCCC1)C(C)(C)C)C(=O)C(=O)NC1CC1. The number of nitrogens with one attached hydrogen (secondary N) is 5. The van der Waals surface area contributed by atoms with Gasteiger partial charge in [-0.2, -0.15) is 0 Å². The molecule has 51 heavy (non-hydrogen) atoms. The maximum atomic E-state index is 14.8. The highest BCUT2D eigenvalue weighted by Crippen LogP contribution is 2.41. The van der Waals surface area contributed by atoms with E-state index in [0.29, 0.717) is 19.3 Å². The minimum atomic E-state index is -1.02. The standard InChI is InChI=1S/C37H54Cl2N6O6/c1-5-11-24(29(46)35(50)40-22-16-17-22)42-33(48)27-18-21-14-9-10-15-26(21)45(27)36(51)30(37(2,3)4)44-34(49)28(20-12-7-6-8-13-20)43-32(47)25-19-23(38)31(39)41-25/h19-22,24,26-28,30,41H,5-18H2,1-4H3,(H,40,50)(H,42,48)(H,43,47)(H,44,49)/t21-,24-,26-,27-,28-,30+/m0/s1. The topological polar surface area (TPSA) is 170 Å². The zero-order chi connectivity index (χ0) is 37.0. The Balaban J connectivity index is 1.38. The van der Waals surface area contributed by atoms with Gasteiger partial charge in [0.15, 0.2) is 0 Å². The molecule has 1 aromatic rings. The first-order valence-corrected chi connectivity index (χ1v) is 19.6. The average molecular weight is 750 g/mol. The third-order valence-electron chi connectivity index (χ3n) is 11.1. The summed E-state index contributed by atoms with van der Waals surface area (Å²) in [5.74, 6) is -3.24. The number of aromatic amines is 1. The fourth-order valence-electron chi connectivity index (χ4n) is 8.12. The Labute approximate surface area is 310 Å². The van der Waals surface area contributed by atoms with Gasteiger partial charge >= 0.3 is 0 Å². The molecule has 3 saturated carbocycles. The molecule has 5 N–H and O–H groups in total. The van der Waals surface area contributed by atoms with Gasteiger partial charge in [0.05, 0.1) is 11.1 Å². The lowest BCUT2D eigenvalue weighted by Gasteiger charge is -2.40. The number of H-pyrrole nitrogens is 1. The highest BCUT2D eigenvalue weighted by Gasteiger charge is 2.51. The van der Waals surface area contributed by atoms with E-state index in [9.17, 15) is 28.8 Å². The van der Waals surface area contributed by atoms with Crippen LogP contribution in [0.25, 0.3) is 0 Å². The number of hydrogen-bond donors (Lipinski definition) is 5. The maximum absolute atomic E-state index is 14.8. The molecule has 12 nitrogen and oxygen atoms in total. The number of likely N-dealkylation sites (tertiary alicyclic amines) is 1. The molecule has 1 saturated heterocycles. The fourth-order valence-corrected chi connectivity index (χ4v) is 8.43. The predicted molar refractivity (Wildman–Crippen MR) is 194 cm³/mol. The third-order valence-corrected chi connectivity index (χ3v) is 11.7. The molecule has 1 aliphatic heterocycles. The monoisotopic (exact) mass is 748 g/mol. The molecule has 5 amide bonds. The fraction of sp³-hybridized carbons (Fsp3) is 0.730. The molecule has 0 radical (unpaired) electrons. The molecular formula is C37H54Cl2N6O6. The van der Waals surface area contributed by atoms with Crippen LogP contribution in [0, 0.1) is 17.3 Å². The molecule has 282 valence electrons. The van der Waals surface area contributed by atoms with Gasteiger partial charge in [0, 0.05) is 12.1 Å². The van der Waals surface area contributed by atoms with Crippen LogP contribution in [0.15, 0.2) is 6.07 Å². The summed E-state index contributed by atoms with van der Waals surface area (Å²) in [6, 6.07) is -2.57. The van der Waals surface area contributed by atoms with Gasteiger partial charge in [-0.1, -0.05) is 89.4 Å². The van der Waals surface area contributed by atoms with E-state index in [-0.39, 0.29) is 45.7 Å². The van der Waals surface area contributed by atoms with Gasteiger partial charge in [0.1, 0.15) is 29.0 Å². The molecule has 0 spiro atoms. The van der Waals surface area contributed by atoms with E-state index in [0.717, 1.165) is 70.6 Å². The summed E-state index contributed by atoms with van der Waals surface area (Å²) in [5, 5.41) is 11.8. The number of halogens is 2. The highest BCUT2D eigenvalue weighted by atomic mass is 35.5. The van der Waals surface area contributed by atoms with Gasteiger partial charge in [-0.3, -0.25) is 28.8 Å². The predicted octanol–water partition coefficient (Wildman–Crippen LogP) is 4.82. The molecule has 5 rings (SSSR count). The first kappa shape index (κ1) is 39.1. The van der Waals surface area contributed by atoms with E-state index in [1.54, 1.807) is 4.90 Å². The smallest absolute Gasteiger partial charge is 0.289 e. The molecular weight excluding hydrogens is 695 g/mol. The Morgan fingerprint density at radius 2 is 1.57 bits per heavy atom. The van der Waals surface area contributed by atoms with Crippen LogP contribution in [-0.2, 0) is 24.0 Å². The number of carbonyl (C=O) groups is 6. The number of Topliss-reactive ketones (excluding diaryl/α,β-unsaturated/α-hetero) is 1. The molecule has 2 heterocycles. The van der Waals surface area contributed by atoms with E-state index >= 15 is 0 Å². The van der Waals surface area contributed by atoms with Crippen LogP contribution in [0.5, 0.6) is 0 Å². The van der Waals surface area contributed by atoms with Crippen LogP contribution in [0.1, 0.15) is 128 Å². The van der Waals surface area contributed by atoms with Crippen molar-refractivity contribution in [3.63, 3.8) is 0 Å². The number of ketones is 1. The zero-order valence-corrected chi connectivity index (χ0v) is 31.8. The number of hydrogen-bond acceptors (Lipinski definition) is 6. The number of amides is 5. The minimum absolute atomic E-state index is 0.00605. The Morgan fingerprint density at radius 1 is 0.902 bits per heavy atom. The van der Waals surface area contributed by atoms with Crippen molar-refractivity contribution in [2.75, 3.05) is 0 Å². The number of aromatic nitrogens is 1. The van der Waals surface area contributed by atoms with Gasteiger partial charge in [-0.05, 0) is 74.7 Å². The van der Waals surface area contributed by atoms with Crippen molar-refractivity contribution in [1.82, 2.24) is 31.2 Å². The van der Waals surface area contributed by atoms with E-state index in [1.165, 1.54) is 6.07 Å². The summed E-state index contributed by atoms with van der Waals surface area (Å²) in [6.45, 7) is 7.48. The van der Waals surface area contributed by atoms with Crippen molar-refractivity contribution in [1.29, 1.82) is 0 Å². The van der Waals surface area contributed by atoms with E-state index < -0.39 is 59.0 Å². The number of rotatable bonds is 13. The zero-order valence-electron chi connectivity index (χ0n) is 30.2. The van der Waals surface area contributed by atoms with Crippen LogP contribution in [0.4, 0.5) is 0 Å². The summed E-state index contributed by atoms with van der Waals surface area (Å²) in [5.41, 5.74) is -0.634. The van der Waals surface area contributed by atoms with Gasteiger partial charge in [0.2, 0.25) is 23.5 Å². The molecule has 4 aliphatic rings. The number of nitrogens with zero attached hydrogens (tertiary/aromatic N) is 1. The third kappa shape index (κ3) is 9.47. The van der Waals surface area contributed by atoms with Crippen molar-refractivity contribution < 1.29 is 28.8 Å². The van der Waals surface area contributed by atoms with Crippen molar-refractivity contribution in [3.05, 3.63) is 21.9 Å². The molecule has 0 unspecified atom stereocenters. The summed E-state index contributed by atoms with van der Waals surface area (Å²) >= 11 is 12.1. The van der Waals surface area contributed by atoms with Gasteiger partial charge in [-0.15, -0.1) is 0 Å². The molecule has 1 aromatic heterocycles. The Bertz CT molecular complexity index is 1460. The molecule has 0 aromatic carbocycles. The van der Waals surface area contributed by atoms with Crippen molar-refractivity contribution in [2.45, 2.75) is 154 Å². The van der Waals surface area contributed by atoms with Crippen molar-refractivity contribution in [3.8, 4) is 0 Å². The van der Waals surface area contributed by atoms with E-state index in [4.69, 9.17) is 23.2 Å². The molecule has 6 atom stereocenters. The van der Waals surface area contributed by atoms with Gasteiger partial charge < -0.3 is 31.2 Å². The minimum Gasteiger partial charge on any atom is -0.347 e. The lowest BCUT2D eigenvalue weighted by Crippen LogP contribution is -2.63. The van der Waals surface area contributed by atoms with Crippen LogP contribution >= 0.6 is 23.2 Å². The van der Waals surface area contributed by atoms with Crippen LogP contribution in [0.2, 0.25) is 10.2 Å². The van der Waals surface area contributed by atoms with Crippen LogP contribution in [0.3, 0.4) is 0 Å². The van der Waals surface area contributed by atoms with Crippen LogP contribution < -0.4 is 21.3 Å². The molecule has 14 heteroatoms. The van der Waals surface area contributed by atoms with Crippen molar-refractivity contribution in [2.24, 2.45) is 17.3 Å². The maximum Gasteiger partial charge on any atom is 0.289 e. The molecule has 4 fully saturated rings. The molecule has 3 aliphatic carbocycles.